The third-order valence-electron chi connectivity index (χ3n) is 2.52. The molecule has 1 fully saturated rings. The van der Waals surface area contributed by atoms with Crippen molar-refractivity contribution in [2.24, 2.45) is 5.92 Å². The Morgan fingerprint density at radius 2 is 1.94 bits per heavy atom. The van der Waals surface area contributed by atoms with Gasteiger partial charge < -0.3 is 9.47 Å². The minimum absolute atomic E-state index is 0.281. The first-order chi connectivity index (χ1) is 7.66. The number of rotatable bonds is 3. The van der Waals surface area contributed by atoms with Gasteiger partial charge in [0.25, 0.3) is 0 Å². The summed E-state index contributed by atoms with van der Waals surface area (Å²) in [5, 5.41) is 0. The summed E-state index contributed by atoms with van der Waals surface area (Å²) < 4.78 is 10.8. The van der Waals surface area contributed by atoms with Gasteiger partial charge in [-0.1, -0.05) is 44.2 Å². The molecule has 1 aliphatic heterocycles. The fraction of sp³-hybridized carbons (Fsp3) is 0.462. The van der Waals surface area contributed by atoms with Gasteiger partial charge >= 0.3 is 5.97 Å². The number of cyclic esters (lactones) is 1. The van der Waals surface area contributed by atoms with Crippen molar-refractivity contribution in [3.8, 4) is 0 Å². The molecule has 1 aromatic rings. The molecule has 16 heavy (non-hydrogen) atoms. The van der Waals surface area contributed by atoms with Crippen molar-refractivity contribution >= 4 is 5.97 Å². The first kappa shape index (κ1) is 11.1. The summed E-state index contributed by atoms with van der Waals surface area (Å²) in [6, 6.07) is 9.45. The van der Waals surface area contributed by atoms with Crippen LogP contribution in [0.4, 0.5) is 0 Å². The van der Waals surface area contributed by atoms with Crippen LogP contribution in [0.2, 0.25) is 0 Å². The third-order valence-corrected chi connectivity index (χ3v) is 2.52. The van der Waals surface area contributed by atoms with E-state index in [0.717, 1.165) is 12.0 Å². The van der Waals surface area contributed by atoms with Crippen LogP contribution in [0, 0.1) is 5.92 Å². The lowest BCUT2D eigenvalue weighted by Gasteiger charge is -2.11. The molecule has 1 aromatic carbocycles. The van der Waals surface area contributed by atoms with Crippen LogP contribution in [-0.2, 0) is 14.3 Å². The molecule has 0 saturated carbocycles. The number of ether oxygens (including phenoxy) is 2. The molecule has 2 atom stereocenters. The number of hydrogen-bond donors (Lipinski definition) is 0. The molecule has 3 nitrogen and oxygen atoms in total. The summed E-state index contributed by atoms with van der Waals surface area (Å²) in [7, 11) is 0. The van der Waals surface area contributed by atoms with Crippen molar-refractivity contribution < 1.29 is 14.3 Å². The molecule has 1 aliphatic rings. The first-order valence-corrected chi connectivity index (χ1v) is 5.57. The van der Waals surface area contributed by atoms with E-state index in [1.807, 2.05) is 30.3 Å². The normalized spacial score (nSPS) is 24.8. The second-order valence-corrected chi connectivity index (χ2v) is 4.42. The number of carbonyl (C=O) groups excluding carboxylic acids is 1. The molecule has 0 spiro atoms. The quantitative estimate of drug-likeness (QED) is 0.735. The third kappa shape index (κ3) is 2.42. The van der Waals surface area contributed by atoms with E-state index >= 15 is 0 Å². The average Bonchev–Trinajstić information content (AvgIpc) is 2.60. The van der Waals surface area contributed by atoms with E-state index in [1.165, 1.54) is 0 Å². The Bertz CT molecular complexity index is 359. The summed E-state index contributed by atoms with van der Waals surface area (Å²) in [6.45, 7) is 4.15. The van der Waals surface area contributed by atoms with Crippen molar-refractivity contribution in [3.05, 3.63) is 35.9 Å². The molecule has 0 bridgehead atoms. The van der Waals surface area contributed by atoms with E-state index in [-0.39, 0.29) is 5.97 Å². The molecule has 2 unspecified atom stereocenters. The fourth-order valence-corrected chi connectivity index (χ4v) is 1.76. The highest BCUT2D eigenvalue weighted by Gasteiger charge is 2.36. The van der Waals surface area contributed by atoms with Crippen LogP contribution in [0.5, 0.6) is 0 Å². The summed E-state index contributed by atoms with van der Waals surface area (Å²) in [4.78, 5) is 11.6. The van der Waals surface area contributed by atoms with E-state index in [2.05, 4.69) is 13.8 Å². The molecular formula is C13H16O3. The van der Waals surface area contributed by atoms with Crippen molar-refractivity contribution in [1.29, 1.82) is 0 Å². The van der Waals surface area contributed by atoms with E-state index in [0.29, 0.717) is 5.92 Å². The van der Waals surface area contributed by atoms with E-state index in [4.69, 9.17) is 9.47 Å². The second-order valence-electron chi connectivity index (χ2n) is 4.42. The largest absolute Gasteiger partial charge is 0.434 e. The number of benzene rings is 1. The standard InChI is InChI=1S/C13H16O3/c1-9(2)8-11-15-12(13(14)16-11)10-6-4-3-5-7-10/h3-7,9,11-12H,8H2,1-2H3. The molecule has 1 saturated heterocycles. The smallest absolute Gasteiger partial charge is 0.342 e. The predicted octanol–water partition coefficient (Wildman–Crippen LogP) is 2.67. The maximum absolute atomic E-state index is 11.6. The molecule has 0 radical (unpaired) electrons. The van der Waals surface area contributed by atoms with Gasteiger partial charge in [0.1, 0.15) is 0 Å². The summed E-state index contributed by atoms with van der Waals surface area (Å²) in [6.07, 6.45) is -0.197. The Morgan fingerprint density at radius 1 is 1.25 bits per heavy atom. The van der Waals surface area contributed by atoms with Gasteiger partial charge in [-0.05, 0) is 11.5 Å². The maximum atomic E-state index is 11.6. The van der Waals surface area contributed by atoms with Crippen molar-refractivity contribution in [1.82, 2.24) is 0 Å². The van der Waals surface area contributed by atoms with Gasteiger partial charge in [-0.2, -0.15) is 0 Å². The van der Waals surface area contributed by atoms with E-state index < -0.39 is 12.4 Å². The molecule has 0 aromatic heterocycles. The summed E-state index contributed by atoms with van der Waals surface area (Å²) in [5.74, 6) is 0.171. The first-order valence-electron chi connectivity index (χ1n) is 5.57. The lowest BCUT2D eigenvalue weighted by molar-refractivity contribution is -0.144. The Morgan fingerprint density at radius 3 is 2.56 bits per heavy atom. The molecule has 0 amide bonds. The summed E-state index contributed by atoms with van der Waals surface area (Å²) in [5.41, 5.74) is 0.860. The highest BCUT2D eigenvalue weighted by molar-refractivity contribution is 5.77. The lowest BCUT2D eigenvalue weighted by Crippen LogP contribution is -2.11. The molecular weight excluding hydrogens is 204 g/mol. The van der Waals surface area contributed by atoms with Crippen LogP contribution in [0.25, 0.3) is 0 Å². The number of carbonyl (C=O) groups is 1. The van der Waals surface area contributed by atoms with Crippen molar-refractivity contribution in [2.45, 2.75) is 32.7 Å². The molecule has 3 heteroatoms. The Hall–Kier alpha value is -1.35. The number of esters is 1. The zero-order valence-electron chi connectivity index (χ0n) is 9.55. The minimum Gasteiger partial charge on any atom is -0.434 e. The van der Waals surface area contributed by atoms with E-state index in [1.54, 1.807) is 0 Å². The Labute approximate surface area is 95.4 Å². The van der Waals surface area contributed by atoms with Crippen LogP contribution in [0.15, 0.2) is 30.3 Å². The molecule has 0 aliphatic carbocycles. The monoisotopic (exact) mass is 220 g/mol. The maximum Gasteiger partial charge on any atom is 0.342 e. The van der Waals surface area contributed by atoms with Crippen LogP contribution in [0.3, 0.4) is 0 Å². The minimum atomic E-state index is -0.551. The predicted molar refractivity (Wildman–Crippen MR) is 59.6 cm³/mol. The van der Waals surface area contributed by atoms with Gasteiger partial charge in [-0.3, -0.25) is 0 Å². The topological polar surface area (TPSA) is 35.5 Å². The van der Waals surface area contributed by atoms with Crippen molar-refractivity contribution in [2.75, 3.05) is 0 Å². The van der Waals surface area contributed by atoms with Crippen LogP contribution in [-0.4, -0.2) is 12.3 Å². The van der Waals surface area contributed by atoms with Gasteiger partial charge in [-0.15, -0.1) is 0 Å². The van der Waals surface area contributed by atoms with Gasteiger partial charge in [0, 0.05) is 6.42 Å². The average molecular weight is 220 g/mol. The number of hydrogen-bond acceptors (Lipinski definition) is 3. The molecule has 86 valence electrons. The molecule has 1 heterocycles. The highest BCUT2D eigenvalue weighted by atomic mass is 16.7. The Balaban J connectivity index is 2.06. The van der Waals surface area contributed by atoms with Crippen LogP contribution < -0.4 is 0 Å². The highest BCUT2D eigenvalue weighted by Crippen LogP contribution is 2.30. The zero-order valence-corrected chi connectivity index (χ0v) is 9.55. The van der Waals surface area contributed by atoms with Crippen molar-refractivity contribution in [3.63, 3.8) is 0 Å². The fourth-order valence-electron chi connectivity index (χ4n) is 1.76. The summed E-state index contributed by atoms with van der Waals surface area (Å²) >= 11 is 0. The van der Waals surface area contributed by atoms with Gasteiger partial charge in [0.2, 0.25) is 6.29 Å². The van der Waals surface area contributed by atoms with Gasteiger partial charge in [-0.25, -0.2) is 4.79 Å². The van der Waals surface area contributed by atoms with Crippen LogP contribution >= 0.6 is 0 Å². The van der Waals surface area contributed by atoms with E-state index in [9.17, 15) is 4.79 Å². The SMILES string of the molecule is CC(C)CC1OC(=O)C(c2ccccc2)O1. The molecule has 2 rings (SSSR count). The van der Waals surface area contributed by atoms with Crippen LogP contribution in [0.1, 0.15) is 31.9 Å². The molecule has 0 N–H and O–H groups in total. The second kappa shape index (κ2) is 4.66. The lowest BCUT2D eigenvalue weighted by atomic mass is 10.1. The van der Waals surface area contributed by atoms with Gasteiger partial charge in [0.05, 0.1) is 0 Å². The zero-order chi connectivity index (χ0) is 11.5. The van der Waals surface area contributed by atoms with Gasteiger partial charge in [0.15, 0.2) is 6.10 Å². The Kier molecular flexibility index (Phi) is 3.25.